The summed E-state index contributed by atoms with van der Waals surface area (Å²) in [6.45, 7) is 0. The molecule has 1 aromatic carbocycles. The van der Waals surface area contributed by atoms with E-state index in [1.54, 1.807) is 29.6 Å². The molecule has 3 aromatic rings. The summed E-state index contributed by atoms with van der Waals surface area (Å²) in [5, 5.41) is 5.74. The van der Waals surface area contributed by atoms with Crippen LogP contribution >= 0.6 is 11.3 Å². The predicted molar refractivity (Wildman–Crippen MR) is 109 cm³/mol. The minimum Gasteiger partial charge on any atom is -0.497 e. The normalized spacial score (nSPS) is 14.8. The van der Waals surface area contributed by atoms with Gasteiger partial charge in [-0.05, 0) is 31.0 Å². The highest BCUT2D eigenvalue weighted by Gasteiger charge is 2.25. The van der Waals surface area contributed by atoms with Gasteiger partial charge in [-0.3, -0.25) is 4.72 Å². The Morgan fingerprint density at radius 1 is 1.17 bits per heavy atom. The van der Waals surface area contributed by atoms with Gasteiger partial charge in [0, 0.05) is 22.9 Å². The van der Waals surface area contributed by atoms with Crippen molar-refractivity contribution in [2.24, 2.45) is 0 Å². The van der Waals surface area contributed by atoms with Gasteiger partial charge < -0.3 is 14.0 Å². The van der Waals surface area contributed by atoms with Crippen molar-refractivity contribution in [2.45, 2.75) is 35.8 Å². The number of hydrogen-bond donors (Lipinski definition) is 1. The van der Waals surface area contributed by atoms with Crippen LogP contribution in [0, 0.1) is 0 Å². The first-order valence-corrected chi connectivity index (χ1v) is 11.5. The van der Waals surface area contributed by atoms with Crippen LogP contribution in [0.25, 0.3) is 11.4 Å². The van der Waals surface area contributed by atoms with Crippen LogP contribution in [0.4, 0.5) is 5.69 Å². The van der Waals surface area contributed by atoms with Crippen LogP contribution < -0.4 is 14.2 Å². The fourth-order valence-corrected chi connectivity index (χ4v) is 5.57. The van der Waals surface area contributed by atoms with E-state index in [-0.39, 0.29) is 4.21 Å². The van der Waals surface area contributed by atoms with Crippen molar-refractivity contribution in [1.29, 1.82) is 0 Å². The lowest BCUT2D eigenvalue weighted by Crippen LogP contribution is -2.12. The molecular formula is C19H21N3O5S2. The van der Waals surface area contributed by atoms with Crippen molar-refractivity contribution in [2.75, 3.05) is 18.9 Å². The van der Waals surface area contributed by atoms with Crippen molar-refractivity contribution in [3.8, 4) is 22.9 Å². The Morgan fingerprint density at radius 2 is 1.97 bits per heavy atom. The van der Waals surface area contributed by atoms with Crippen LogP contribution in [-0.4, -0.2) is 32.8 Å². The summed E-state index contributed by atoms with van der Waals surface area (Å²) in [6, 6.07) is 6.41. The molecule has 2 aromatic heterocycles. The molecule has 0 bridgehead atoms. The molecule has 2 heterocycles. The molecule has 8 nitrogen and oxygen atoms in total. The third kappa shape index (κ3) is 4.08. The Bertz CT molecular complexity index is 1100. The van der Waals surface area contributed by atoms with E-state index in [4.69, 9.17) is 14.0 Å². The molecule has 0 unspecified atom stereocenters. The molecule has 10 heteroatoms. The van der Waals surface area contributed by atoms with Gasteiger partial charge >= 0.3 is 0 Å². The lowest BCUT2D eigenvalue weighted by molar-refractivity contribution is 0.354. The highest BCUT2D eigenvalue weighted by molar-refractivity contribution is 7.94. The second-order valence-corrected chi connectivity index (χ2v) is 9.58. The largest absolute Gasteiger partial charge is 0.497 e. The van der Waals surface area contributed by atoms with E-state index in [9.17, 15) is 8.42 Å². The van der Waals surface area contributed by atoms with Gasteiger partial charge in [-0.15, -0.1) is 11.3 Å². The number of hydrogen-bond acceptors (Lipinski definition) is 8. The van der Waals surface area contributed by atoms with Crippen molar-refractivity contribution in [3.63, 3.8) is 0 Å². The van der Waals surface area contributed by atoms with E-state index in [2.05, 4.69) is 14.9 Å². The van der Waals surface area contributed by atoms with Crippen LogP contribution in [-0.2, 0) is 10.0 Å². The molecule has 1 fully saturated rings. The molecule has 1 N–H and O–H groups in total. The standard InChI is InChI=1S/C19H21N3O5S2/c1-25-14-7-8-15(16(10-14)26-2)22-29(23,24)17-9-13(11-28-17)18-20-19(27-21-18)12-5-3-4-6-12/h7-12,22H,3-6H2,1-2H3. The number of benzene rings is 1. The lowest BCUT2D eigenvalue weighted by Gasteiger charge is -2.12. The van der Waals surface area contributed by atoms with Crippen LogP contribution in [0.15, 0.2) is 38.4 Å². The zero-order valence-electron chi connectivity index (χ0n) is 16.0. The van der Waals surface area contributed by atoms with E-state index < -0.39 is 10.0 Å². The van der Waals surface area contributed by atoms with Gasteiger partial charge in [0.2, 0.25) is 11.7 Å². The zero-order chi connectivity index (χ0) is 20.4. The Kier molecular flexibility index (Phi) is 5.46. The van der Waals surface area contributed by atoms with Crippen molar-refractivity contribution >= 4 is 27.0 Å². The number of rotatable bonds is 7. The van der Waals surface area contributed by atoms with E-state index in [0.29, 0.717) is 40.4 Å². The van der Waals surface area contributed by atoms with Crippen LogP contribution in [0.1, 0.15) is 37.5 Å². The maximum atomic E-state index is 12.8. The molecule has 1 saturated carbocycles. The first kappa shape index (κ1) is 19.7. The molecular weight excluding hydrogens is 414 g/mol. The molecule has 0 atom stereocenters. The van der Waals surface area contributed by atoms with Gasteiger partial charge in [-0.1, -0.05) is 18.0 Å². The molecule has 4 rings (SSSR count). The summed E-state index contributed by atoms with van der Waals surface area (Å²) in [5.74, 6) is 2.28. The Morgan fingerprint density at radius 3 is 2.69 bits per heavy atom. The maximum Gasteiger partial charge on any atom is 0.271 e. The van der Waals surface area contributed by atoms with Crippen molar-refractivity contribution in [3.05, 3.63) is 35.5 Å². The number of thiophene rings is 1. The third-order valence-corrected chi connectivity index (χ3v) is 7.70. The van der Waals surface area contributed by atoms with E-state index in [1.165, 1.54) is 27.1 Å². The second kappa shape index (κ2) is 8.03. The third-order valence-electron chi connectivity index (χ3n) is 4.90. The van der Waals surface area contributed by atoms with Crippen LogP contribution in [0.2, 0.25) is 0 Å². The fourth-order valence-electron chi connectivity index (χ4n) is 3.34. The summed E-state index contributed by atoms with van der Waals surface area (Å²) in [4.78, 5) is 4.47. The summed E-state index contributed by atoms with van der Waals surface area (Å²) >= 11 is 1.10. The Balaban J connectivity index is 1.55. The van der Waals surface area contributed by atoms with Crippen molar-refractivity contribution < 1.29 is 22.4 Å². The number of sulfonamides is 1. The van der Waals surface area contributed by atoms with Gasteiger partial charge in [0.1, 0.15) is 15.7 Å². The Labute approximate surface area is 172 Å². The van der Waals surface area contributed by atoms with Gasteiger partial charge in [0.25, 0.3) is 10.0 Å². The number of nitrogens with one attached hydrogen (secondary N) is 1. The average molecular weight is 436 g/mol. The predicted octanol–water partition coefficient (Wildman–Crippen LogP) is 4.27. The molecule has 0 saturated heterocycles. The molecule has 154 valence electrons. The lowest BCUT2D eigenvalue weighted by atomic mass is 10.1. The van der Waals surface area contributed by atoms with Gasteiger partial charge in [0.15, 0.2) is 0 Å². The maximum absolute atomic E-state index is 12.8. The van der Waals surface area contributed by atoms with E-state index >= 15 is 0 Å². The number of aromatic nitrogens is 2. The molecule has 1 aliphatic carbocycles. The molecule has 1 aliphatic rings. The summed E-state index contributed by atoms with van der Waals surface area (Å²) in [5.41, 5.74) is 0.941. The smallest absolute Gasteiger partial charge is 0.271 e. The summed E-state index contributed by atoms with van der Waals surface area (Å²) in [6.07, 6.45) is 4.45. The molecule has 0 spiro atoms. The number of ether oxygens (including phenoxy) is 2. The fraction of sp³-hybridized carbons (Fsp3) is 0.368. The minimum absolute atomic E-state index is 0.151. The average Bonchev–Trinajstić information content (AvgIpc) is 3.48. The van der Waals surface area contributed by atoms with Gasteiger partial charge in [-0.25, -0.2) is 8.42 Å². The topological polar surface area (TPSA) is 104 Å². The Hall–Kier alpha value is -2.59. The molecule has 29 heavy (non-hydrogen) atoms. The monoisotopic (exact) mass is 435 g/mol. The highest BCUT2D eigenvalue weighted by Crippen LogP contribution is 2.36. The quantitative estimate of drug-likeness (QED) is 0.591. The number of anilines is 1. The first-order chi connectivity index (χ1) is 14.0. The van der Waals surface area contributed by atoms with Crippen LogP contribution in [0.5, 0.6) is 11.5 Å². The molecule has 0 amide bonds. The SMILES string of the molecule is COc1ccc(NS(=O)(=O)c2cc(-c3noc(C4CCCC4)n3)cs2)c(OC)c1. The molecule has 0 radical (unpaired) electrons. The molecule has 0 aliphatic heterocycles. The van der Waals surface area contributed by atoms with Gasteiger partial charge in [0.05, 0.1) is 19.9 Å². The van der Waals surface area contributed by atoms with E-state index in [0.717, 1.165) is 24.2 Å². The summed E-state index contributed by atoms with van der Waals surface area (Å²) in [7, 11) is -0.804. The van der Waals surface area contributed by atoms with E-state index in [1.807, 2.05) is 0 Å². The van der Waals surface area contributed by atoms with Crippen molar-refractivity contribution in [1.82, 2.24) is 10.1 Å². The highest BCUT2D eigenvalue weighted by atomic mass is 32.2. The van der Waals surface area contributed by atoms with Crippen LogP contribution in [0.3, 0.4) is 0 Å². The first-order valence-electron chi connectivity index (χ1n) is 9.17. The second-order valence-electron chi connectivity index (χ2n) is 6.76. The summed E-state index contributed by atoms with van der Waals surface area (Å²) < 4.78 is 44.2. The zero-order valence-corrected chi connectivity index (χ0v) is 17.7. The minimum atomic E-state index is -3.80. The number of nitrogens with zero attached hydrogens (tertiary/aromatic N) is 2. The van der Waals surface area contributed by atoms with Gasteiger partial charge in [-0.2, -0.15) is 4.98 Å². The number of methoxy groups -OCH3 is 2.